The predicted octanol–water partition coefficient (Wildman–Crippen LogP) is 1.67. The number of H-pyrrole nitrogens is 1. The van der Waals surface area contributed by atoms with E-state index in [1.807, 2.05) is 30.6 Å². The summed E-state index contributed by atoms with van der Waals surface area (Å²) >= 11 is 0. The average molecular weight is 333 g/mol. The van der Waals surface area contributed by atoms with E-state index in [1.54, 1.807) is 0 Å². The third-order valence-electron chi connectivity index (χ3n) is 5.05. The molecule has 3 rings (SSSR count). The summed E-state index contributed by atoms with van der Waals surface area (Å²) in [5, 5.41) is 7.14. The third kappa shape index (κ3) is 3.30. The molecule has 7 nitrogen and oxygen atoms in total. The van der Waals surface area contributed by atoms with Crippen LogP contribution in [0.3, 0.4) is 0 Å². The molecule has 1 saturated heterocycles. The van der Waals surface area contributed by atoms with Gasteiger partial charge in [-0.15, -0.1) is 0 Å². The van der Waals surface area contributed by atoms with Gasteiger partial charge in [0.25, 0.3) is 0 Å². The number of hydrogen-bond acceptors (Lipinski definition) is 4. The van der Waals surface area contributed by atoms with Gasteiger partial charge >= 0.3 is 0 Å². The SMILES string of the molecule is Cc1nc(C2CN(C(=O)C3CCC3)CCCN2C(=O)C(C)C)n[nH]1. The van der Waals surface area contributed by atoms with Crippen molar-refractivity contribution in [1.82, 2.24) is 25.0 Å². The second kappa shape index (κ2) is 6.91. The lowest BCUT2D eigenvalue weighted by Gasteiger charge is -2.34. The van der Waals surface area contributed by atoms with Gasteiger partial charge in [0, 0.05) is 31.5 Å². The Kier molecular flexibility index (Phi) is 4.87. The van der Waals surface area contributed by atoms with Crippen LogP contribution in [-0.4, -0.2) is 56.4 Å². The summed E-state index contributed by atoms with van der Waals surface area (Å²) < 4.78 is 0. The van der Waals surface area contributed by atoms with Gasteiger partial charge in [-0.3, -0.25) is 14.7 Å². The summed E-state index contributed by atoms with van der Waals surface area (Å²) in [7, 11) is 0. The van der Waals surface area contributed by atoms with Crippen molar-refractivity contribution < 1.29 is 9.59 Å². The summed E-state index contributed by atoms with van der Waals surface area (Å²) in [5.74, 6) is 1.75. The van der Waals surface area contributed by atoms with Crippen LogP contribution in [0.25, 0.3) is 0 Å². The van der Waals surface area contributed by atoms with Crippen molar-refractivity contribution >= 4 is 11.8 Å². The Morgan fingerprint density at radius 1 is 1.21 bits per heavy atom. The highest BCUT2D eigenvalue weighted by Gasteiger charge is 2.37. The molecule has 0 spiro atoms. The highest BCUT2D eigenvalue weighted by molar-refractivity contribution is 5.81. The Hall–Kier alpha value is -1.92. The fourth-order valence-corrected chi connectivity index (χ4v) is 3.43. The van der Waals surface area contributed by atoms with E-state index in [9.17, 15) is 9.59 Å². The molecule has 2 amide bonds. The highest BCUT2D eigenvalue weighted by Crippen LogP contribution is 2.31. The first-order valence-corrected chi connectivity index (χ1v) is 8.95. The molecule has 1 N–H and O–H groups in total. The first-order chi connectivity index (χ1) is 11.5. The summed E-state index contributed by atoms with van der Waals surface area (Å²) in [6.07, 6.45) is 3.94. The minimum absolute atomic E-state index is 0.0820. The molecule has 1 aromatic rings. The van der Waals surface area contributed by atoms with Crippen LogP contribution in [0.1, 0.15) is 57.2 Å². The first kappa shape index (κ1) is 16.9. The zero-order chi connectivity index (χ0) is 17.3. The molecule has 1 saturated carbocycles. The molecule has 1 aliphatic carbocycles. The Bertz CT molecular complexity index is 608. The van der Waals surface area contributed by atoms with Gasteiger partial charge in [-0.05, 0) is 26.2 Å². The maximum absolute atomic E-state index is 12.7. The van der Waals surface area contributed by atoms with Gasteiger partial charge in [0.1, 0.15) is 11.9 Å². The highest BCUT2D eigenvalue weighted by atomic mass is 16.2. The smallest absolute Gasteiger partial charge is 0.225 e. The van der Waals surface area contributed by atoms with Crippen molar-refractivity contribution in [1.29, 1.82) is 0 Å². The molecule has 0 bridgehead atoms. The molecular weight excluding hydrogens is 306 g/mol. The lowest BCUT2D eigenvalue weighted by Crippen LogP contribution is -2.44. The molecule has 1 atom stereocenters. The fraction of sp³-hybridized carbons (Fsp3) is 0.765. The van der Waals surface area contributed by atoms with E-state index in [4.69, 9.17) is 0 Å². The van der Waals surface area contributed by atoms with E-state index in [0.717, 1.165) is 31.5 Å². The van der Waals surface area contributed by atoms with Crippen LogP contribution in [0, 0.1) is 18.8 Å². The Balaban J connectivity index is 1.85. The molecule has 0 aromatic carbocycles. The van der Waals surface area contributed by atoms with E-state index in [2.05, 4.69) is 15.2 Å². The largest absolute Gasteiger partial charge is 0.340 e. The normalized spacial score (nSPS) is 22.4. The van der Waals surface area contributed by atoms with Crippen LogP contribution < -0.4 is 0 Å². The van der Waals surface area contributed by atoms with Crippen molar-refractivity contribution in [2.24, 2.45) is 11.8 Å². The fourth-order valence-electron chi connectivity index (χ4n) is 3.43. The molecule has 1 aliphatic heterocycles. The minimum atomic E-state index is -0.267. The lowest BCUT2D eigenvalue weighted by molar-refractivity contribution is -0.141. The monoisotopic (exact) mass is 333 g/mol. The Labute approximate surface area is 142 Å². The standard InChI is InChI=1S/C17H27N5O2/c1-11(2)16(23)22-9-5-8-21(17(24)13-6-4-7-13)10-14(22)15-18-12(3)19-20-15/h11,13-14H,4-10H2,1-3H3,(H,18,19,20). The molecule has 2 aliphatic rings. The molecule has 132 valence electrons. The quantitative estimate of drug-likeness (QED) is 0.912. The van der Waals surface area contributed by atoms with Crippen LogP contribution in [0.4, 0.5) is 0 Å². The molecule has 0 radical (unpaired) electrons. The minimum Gasteiger partial charge on any atom is -0.340 e. The number of nitrogens with zero attached hydrogens (tertiary/aromatic N) is 4. The molecule has 2 heterocycles. The number of rotatable bonds is 3. The van der Waals surface area contributed by atoms with Gasteiger partial charge < -0.3 is 9.80 Å². The van der Waals surface area contributed by atoms with E-state index in [1.165, 1.54) is 0 Å². The van der Waals surface area contributed by atoms with Gasteiger partial charge in [0.2, 0.25) is 11.8 Å². The van der Waals surface area contributed by atoms with Gasteiger partial charge in [0.05, 0.1) is 0 Å². The van der Waals surface area contributed by atoms with Gasteiger partial charge in [-0.25, -0.2) is 4.98 Å². The maximum atomic E-state index is 12.7. The Morgan fingerprint density at radius 2 is 1.96 bits per heavy atom. The number of hydrogen-bond donors (Lipinski definition) is 1. The van der Waals surface area contributed by atoms with Crippen molar-refractivity contribution in [3.8, 4) is 0 Å². The number of carbonyl (C=O) groups is 2. The van der Waals surface area contributed by atoms with Crippen molar-refractivity contribution in [2.45, 2.75) is 52.5 Å². The first-order valence-electron chi connectivity index (χ1n) is 8.95. The summed E-state index contributed by atoms with van der Waals surface area (Å²) in [4.78, 5) is 33.6. The summed E-state index contributed by atoms with van der Waals surface area (Å²) in [6, 6.07) is -0.267. The number of carbonyl (C=O) groups excluding carboxylic acids is 2. The lowest BCUT2D eigenvalue weighted by atomic mass is 9.84. The summed E-state index contributed by atoms with van der Waals surface area (Å²) in [5.41, 5.74) is 0. The van der Waals surface area contributed by atoms with Crippen molar-refractivity contribution in [3.05, 3.63) is 11.6 Å². The maximum Gasteiger partial charge on any atom is 0.225 e. The zero-order valence-electron chi connectivity index (χ0n) is 14.8. The molecule has 24 heavy (non-hydrogen) atoms. The molecule has 1 aromatic heterocycles. The van der Waals surface area contributed by atoms with Crippen LogP contribution >= 0.6 is 0 Å². The van der Waals surface area contributed by atoms with E-state index in [-0.39, 0.29) is 29.7 Å². The van der Waals surface area contributed by atoms with Crippen LogP contribution in [0.2, 0.25) is 0 Å². The average Bonchev–Trinajstić information content (AvgIpc) is 2.80. The van der Waals surface area contributed by atoms with Gasteiger partial charge in [-0.2, -0.15) is 5.10 Å². The van der Waals surface area contributed by atoms with Crippen LogP contribution in [0.15, 0.2) is 0 Å². The topological polar surface area (TPSA) is 82.2 Å². The number of nitrogens with one attached hydrogen (secondary N) is 1. The number of aryl methyl sites for hydroxylation is 1. The second-order valence-corrected chi connectivity index (χ2v) is 7.25. The molecular formula is C17H27N5O2. The zero-order valence-corrected chi connectivity index (χ0v) is 14.8. The summed E-state index contributed by atoms with van der Waals surface area (Å²) in [6.45, 7) is 7.50. The van der Waals surface area contributed by atoms with E-state index < -0.39 is 0 Å². The van der Waals surface area contributed by atoms with Crippen molar-refractivity contribution in [2.75, 3.05) is 19.6 Å². The van der Waals surface area contributed by atoms with Crippen LogP contribution in [-0.2, 0) is 9.59 Å². The van der Waals surface area contributed by atoms with Gasteiger partial charge in [-0.1, -0.05) is 20.3 Å². The Morgan fingerprint density at radius 3 is 2.50 bits per heavy atom. The van der Waals surface area contributed by atoms with Gasteiger partial charge in [0.15, 0.2) is 5.82 Å². The number of aromatic nitrogens is 3. The van der Waals surface area contributed by atoms with Crippen LogP contribution in [0.5, 0.6) is 0 Å². The number of amides is 2. The van der Waals surface area contributed by atoms with Crippen molar-refractivity contribution in [3.63, 3.8) is 0 Å². The second-order valence-electron chi connectivity index (χ2n) is 7.25. The number of aromatic amines is 1. The molecule has 2 fully saturated rings. The predicted molar refractivity (Wildman–Crippen MR) is 88.9 cm³/mol. The molecule has 7 heteroatoms. The van der Waals surface area contributed by atoms with E-state index >= 15 is 0 Å². The third-order valence-corrected chi connectivity index (χ3v) is 5.05. The van der Waals surface area contributed by atoms with E-state index in [0.29, 0.717) is 25.5 Å². The molecule has 1 unspecified atom stereocenters.